The maximum absolute atomic E-state index is 11.1. The van der Waals surface area contributed by atoms with Crippen LogP contribution < -0.4 is 5.32 Å². The van der Waals surface area contributed by atoms with Gasteiger partial charge in [0.25, 0.3) is 0 Å². The molecule has 5 nitrogen and oxygen atoms in total. The lowest BCUT2D eigenvalue weighted by molar-refractivity contribution is -0.138. The molecule has 1 aliphatic rings. The van der Waals surface area contributed by atoms with E-state index in [1.807, 2.05) is 0 Å². The Balaban J connectivity index is 2.23. The van der Waals surface area contributed by atoms with Crippen molar-refractivity contribution >= 4 is 18.2 Å². The van der Waals surface area contributed by atoms with E-state index < -0.39 is 0 Å². The van der Waals surface area contributed by atoms with Crippen LogP contribution in [0.2, 0.25) is 0 Å². The Hall–Kier alpha value is -1.39. The van der Waals surface area contributed by atoms with Crippen LogP contribution >= 0.6 is 0 Å². The molecule has 1 saturated heterocycles. The van der Waals surface area contributed by atoms with Gasteiger partial charge in [0.1, 0.15) is 0 Å². The second kappa shape index (κ2) is 4.59. The lowest BCUT2D eigenvalue weighted by atomic mass is 10.4. The average Bonchev–Trinajstić information content (AvgIpc) is 2.42. The van der Waals surface area contributed by atoms with Crippen LogP contribution in [0.3, 0.4) is 0 Å². The highest BCUT2D eigenvalue weighted by atomic mass is 16.2. The predicted molar refractivity (Wildman–Crippen MR) is 44.6 cm³/mol. The minimum atomic E-state index is -0.101. The van der Waals surface area contributed by atoms with Crippen molar-refractivity contribution < 1.29 is 14.4 Å². The number of hydrogen-bond donors (Lipinski definition) is 1. The molecule has 13 heavy (non-hydrogen) atoms. The summed E-state index contributed by atoms with van der Waals surface area (Å²) in [6, 6.07) is 0. The quantitative estimate of drug-likeness (QED) is 0.348. The minimum absolute atomic E-state index is 0.101. The molecule has 0 aliphatic carbocycles. The fourth-order valence-corrected chi connectivity index (χ4v) is 1.27. The summed E-state index contributed by atoms with van der Waals surface area (Å²) in [6.45, 7) is 0.916. The van der Waals surface area contributed by atoms with Gasteiger partial charge in [0.05, 0.1) is 0 Å². The van der Waals surface area contributed by atoms with Gasteiger partial charge >= 0.3 is 0 Å². The molecule has 0 aromatic rings. The van der Waals surface area contributed by atoms with Crippen molar-refractivity contribution in [2.24, 2.45) is 0 Å². The van der Waals surface area contributed by atoms with Crippen molar-refractivity contribution in [1.29, 1.82) is 0 Å². The van der Waals surface area contributed by atoms with Gasteiger partial charge < -0.3 is 5.32 Å². The first kappa shape index (κ1) is 9.70. The van der Waals surface area contributed by atoms with Crippen molar-refractivity contribution in [3.8, 4) is 0 Å². The molecule has 1 heterocycles. The van der Waals surface area contributed by atoms with Crippen molar-refractivity contribution in [3.05, 3.63) is 0 Å². The third-order valence-electron chi connectivity index (χ3n) is 1.94. The Kier molecular flexibility index (Phi) is 3.42. The Morgan fingerprint density at radius 2 is 1.92 bits per heavy atom. The first-order valence-electron chi connectivity index (χ1n) is 4.26. The zero-order chi connectivity index (χ0) is 9.68. The molecule has 0 radical (unpaired) electrons. The molecule has 0 aromatic heterocycles. The standard InChI is InChI=1S/C8H12N2O3/c11-6-9-4-1-5-10-7(12)2-3-8(10)13/h6H,1-5H2,(H,9,11). The van der Waals surface area contributed by atoms with Crippen LogP contribution in [0.15, 0.2) is 0 Å². The number of amides is 3. The van der Waals surface area contributed by atoms with Crippen LogP contribution in [0, 0.1) is 0 Å². The zero-order valence-corrected chi connectivity index (χ0v) is 7.28. The van der Waals surface area contributed by atoms with Gasteiger partial charge in [-0.25, -0.2) is 0 Å². The smallest absolute Gasteiger partial charge is 0.229 e. The molecule has 0 atom stereocenters. The highest BCUT2D eigenvalue weighted by Crippen LogP contribution is 2.11. The summed E-state index contributed by atoms with van der Waals surface area (Å²) in [5.41, 5.74) is 0. The molecular formula is C8H12N2O3. The normalized spacial score (nSPS) is 16.5. The second-order valence-corrected chi connectivity index (χ2v) is 2.86. The molecule has 5 heteroatoms. The summed E-state index contributed by atoms with van der Waals surface area (Å²) in [5, 5.41) is 2.47. The van der Waals surface area contributed by atoms with E-state index in [9.17, 15) is 14.4 Å². The lowest BCUT2D eigenvalue weighted by Gasteiger charge is -2.12. The van der Waals surface area contributed by atoms with Crippen LogP contribution in [-0.2, 0) is 14.4 Å². The number of carbonyl (C=O) groups is 3. The SMILES string of the molecule is O=CNCCCN1C(=O)CCC1=O. The number of nitrogens with one attached hydrogen (secondary N) is 1. The topological polar surface area (TPSA) is 66.5 Å². The maximum Gasteiger partial charge on any atom is 0.229 e. The van der Waals surface area contributed by atoms with E-state index >= 15 is 0 Å². The van der Waals surface area contributed by atoms with Gasteiger partial charge in [0, 0.05) is 25.9 Å². The number of rotatable bonds is 5. The summed E-state index contributed by atoms with van der Waals surface area (Å²) >= 11 is 0. The van der Waals surface area contributed by atoms with E-state index in [-0.39, 0.29) is 11.8 Å². The Morgan fingerprint density at radius 1 is 1.31 bits per heavy atom. The van der Waals surface area contributed by atoms with Crippen molar-refractivity contribution in [2.45, 2.75) is 19.3 Å². The van der Waals surface area contributed by atoms with Crippen LogP contribution in [0.1, 0.15) is 19.3 Å². The number of carbonyl (C=O) groups excluding carboxylic acids is 3. The zero-order valence-electron chi connectivity index (χ0n) is 7.28. The van der Waals surface area contributed by atoms with Crippen LogP contribution in [0.5, 0.6) is 0 Å². The third kappa shape index (κ3) is 2.54. The summed E-state index contributed by atoms with van der Waals surface area (Å²) in [7, 11) is 0. The molecule has 72 valence electrons. The van der Waals surface area contributed by atoms with E-state index in [0.29, 0.717) is 38.8 Å². The molecule has 1 rings (SSSR count). The van der Waals surface area contributed by atoms with Gasteiger partial charge in [-0.15, -0.1) is 0 Å². The van der Waals surface area contributed by atoms with Crippen LogP contribution in [-0.4, -0.2) is 36.2 Å². The first-order chi connectivity index (χ1) is 6.25. The highest BCUT2D eigenvalue weighted by Gasteiger charge is 2.27. The summed E-state index contributed by atoms with van der Waals surface area (Å²) in [6.07, 6.45) is 1.89. The van der Waals surface area contributed by atoms with Gasteiger partial charge in [0.15, 0.2) is 0 Å². The molecule has 1 N–H and O–H groups in total. The van der Waals surface area contributed by atoms with E-state index in [1.165, 1.54) is 4.90 Å². The number of likely N-dealkylation sites (tertiary alicyclic amines) is 1. The van der Waals surface area contributed by atoms with E-state index in [1.54, 1.807) is 0 Å². The van der Waals surface area contributed by atoms with Crippen LogP contribution in [0.25, 0.3) is 0 Å². The lowest BCUT2D eigenvalue weighted by Crippen LogP contribution is -2.31. The average molecular weight is 184 g/mol. The fraction of sp³-hybridized carbons (Fsp3) is 0.625. The molecule has 1 aliphatic heterocycles. The third-order valence-corrected chi connectivity index (χ3v) is 1.94. The summed E-state index contributed by atoms with van der Waals surface area (Å²) < 4.78 is 0. The van der Waals surface area contributed by atoms with Gasteiger partial charge in [0.2, 0.25) is 18.2 Å². The Morgan fingerprint density at radius 3 is 2.46 bits per heavy atom. The van der Waals surface area contributed by atoms with E-state index in [4.69, 9.17) is 0 Å². The molecule has 0 bridgehead atoms. The van der Waals surface area contributed by atoms with E-state index in [2.05, 4.69) is 5.32 Å². The van der Waals surface area contributed by atoms with Gasteiger partial charge in [-0.1, -0.05) is 0 Å². The maximum atomic E-state index is 11.1. The summed E-state index contributed by atoms with van der Waals surface area (Å²) in [4.78, 5) is 33.3. The Labute approximate surface area is 76.1 Å². The largest absolute Gasteiger partial charge is 0.359 e. The molecular weight excluding hydrogens is 172 g/mol. The molecule has 1 fully saturated rings. The monoisotopic (exact) mass is 184 g/mol. The van der Waals surface area contributed by atoms with Gasteiger partial charge in [-0.2, -0.15) is 0 Å². The van der Waals surface area contributed by atoms with Crippen LogP contribution in [0.4, 0.5) is 0 Å². The van der Waals surface area contributed by atoms with Gasteiger partial charge in [-0.3, -0.25) is 19.3 Å². The second-order valence-electron chi connectivity index (χ2n) is 2.86. The summed E-state index contributed by atoms with van der Waals surface area (Å²) in [5.74, 6) is -0.202. The molecule has 0 saturated carbocycles. The number of hydrogen-bond acceptors (Lipinski definition) is 3. The van der Waals surface area contributed by atoms with Crippen molar-refractivity contribution in [3.63, 3.8) is 0 Å². The highest BCUT2D eigenvalue weighted by molar-refractivity contribution is 6.01. The minimum Gasteiger partial charge on any atom is -0.359 e. The van der Waals surface area contributed by atoms with E-state index in [0.717, 1.165) is 0 Å². The number of nitrogens with zero attached hydrogens (tertiary/aromatic N) is 1. The van der Waals surface area contributed by atoms with Gasteiger partial charge in [-0.05, 0) is 6.42 Å². The fourth-order valence-electron chi connectivity index (χ4n) is 1.27. The first-order valence-corrected chi connectivity index (χ1v) is 4.26. The molecule has 3 amide bonds. The molecule has 0 spiro atoms. The number of imide groups is 1. The Bertz CT molecular complexity index is 211. The van der Waals surface area contributed by atoms with Crippen molar-refractivity contribution in [2.75, 3.05) is 13.1 Å². The molecule has 0 aromatic carbocycles. The molecule has 0 unspecified atom stereocenters. The van der Waals surface area contributed by atoms with Crippen molar-refractivity contribution in [1.82, 2.24) is 10.2 Å². The predicted octanol–water partition coefficient (Wildman–Crippen LogP) is -0.729.